The van der Waals surface area contributed by atoms with Crippen LogP contribution in [0.4, 0.5) is 5.13 Å². The molecule has 5 nitrogen and oxygen atoms in total. The first-order chi connectivity index (χ1) is 11.0. The van der Waals surface area contributed by atoms with Gasteiger partial charge in [0.05, 0.1) is 12.1 Å². The van der Waals surface area contributed by atoms with Crippen LogP contribution >= 0.6 is 11.3 Å². The normalized spacial score (nSPS) is 25.8. The molecule has 126 valence electrons. The molecule has 6 heteroatoms. The molecule has 3 rings (SSSR count). The first-order valence-corrected chi connectivity index (χ1v) is 9.41. The zero-order chi connectivity index (χ0) is 16.4. The molecule has 1 heterocycles. The molecule has 2 aliphatic carbocycles. The van der Waals surface area contributed by atoms with E-state index in [4.69, 9.17) is 0 Å². The molecule has 3 unspecified atom stereocenters. The van der Waals surface area contributed by atoms with Crippen molar-refractivity contribution >= 4 is 28.3 Å². The minimum Gasteiger partial charge on any atom is -0.355 e. The molecule has 3 atom stereocenters. The smallest absolute Gasteiger partial charge is 0.228 e. The maximum Gasteiger partial charge on any atom is 0.228 e. The number of anilines is 1. The van der Waals surface area contributed by atoms with Crippen molar-refractivity contribution in [2.75, 3.05) is 11.9 Å². The van der Waals surface area contributed by atoms with Gasteiger partial charge in [0.2, 0.25) is 11.8 Å². The lowest BCUT2D eigenvalue weighted by Gasteiger charge is -2.21. The molecule has 1 aromatic rings. The Kier molecular flexibility index (Phi) is 4.99. The fourth-order valence-corrected chi connectivity index (χ4v) is 4.51. The minimum absolute atomic E-state index is 0.0276. The van der Waals surface area contributed by atoms with Crippen molar-refractivity contribution in [3.05, 3.63) is 11.1 Å². The summed E-state index contributed by atoms with van der Waals surface area (Å²) >= 11 is 1.37. The van der Waals surface area contributed by atoms with Gasteiger partial charge in [-0.1, -0.05) is 20.3 Å². The van der Waals surface area contributed by atoms with Gasteiger partial charge in [0.15, 0.2) is 5.13 Å². The van der Waals surface area contributed by atoms with Gasteiger partial charge in [-0.15, -0.1) is 11.3 Å². The summed E-state index contributed by atoms with van der Waals surface area (Å²) in [5, 5.41) is 8.24. The number of amides is 2. The number of hydrogen-bond acceptors (Lipinski definition) is 4. The second kappa shape index (κ2) is 6.99. The number of aromatic nitrogens is 1. The van der Waals surface area contributed by atoms with Gasteiger partial charge in [0, 0.05) is 17.8 Å². The highest BCUT2D eigenvalue weighted by atomic mass is 32.1. The molecule has 2 N–H and O–H groups in total. The van der Waals surface area contributed by atoms with Crippen molar-refractivity contribution in [3.63, 3.8) is 0 Å². The van der Waals surface area contributed by atoms with Gasteiger partial charge in [-0.25, -0.2) is 4.98 Å². The lowest BCUT2D eigenvalue weighted by molar-refractivity contribution is -0.121. The molecule has 0 spiro atoms. The largest absolute Gasteiger partial charge is 0.355 e. The maximum absolute atomic E-state index is 12.1. The Morgan fingerprint density at radius 3 is 2.83 bits per heavy atom. The van der Waals surface area contributed by atoms with E-state index in [0.717, 1.165) is 24.1 Å². The summed E-state index contributed by atoms with van der Waals surface area (Å²) < 4.78 is 0. The Bertz CT molecular complexity index is 584. The van der Waals surface area contributed by atoms with Gasteiger partial charge < -0.3 is 10.6 Å². The lowest BCUT2D eigenvalue weighted by atomic mass is 9.89. The van der Waals surface area contributed by atoms with E-state index in [0.29, 0.717) is 11.0 Å². The van der Waals surface area contributed by atoms with Gasteiger partial charge in [-0.3, -0.25) is 9.59 Å². The zero-order valence-electron chi connectivity index (χ0n) is 13.8. The average Bonchev–Trinajstić information content (AvgIpc) is 3.22. The minimum atomic E-state index is -0.0765. The number of thiazole rings is 1. The van der Waals surface area contributed by atoms with Crippen LogP contribution in [0.15, 0.2) is 5.38 Å². The van der Waals surface area contributed by atoms with E-state index < -0.39 is 0 Å². The van der Waals surface area contributed by atoms with Gasteiger partial charge in [0.1, 0.15) is 0 Å². The second-order valence-corrected chi connectivity index (χ2v) is 8.06. The van der Waals surface area contributed by atoms with Crippen LogP contribution in [-0.4, -0.2) is 23.3 Å². The van der Waals surface area contributed by atoms with Gasteiger partial charge >= 0.3 is 0 Å². The Labute approximate surface area is 141 Å². The van der Waals surface area contributed by atoms with Crippen LogP contribution in [-0.2, 0) is 16.0 Å². The van der Waals surface area contributed by atoms with Crippen molar-refractivity contribution in [3.8, 4) is 0 Å². The monoisotopic (exact) mass is 335 g/mol. The van der Waals surface area contributed by atoms with Crippen molar-refractivity contribution in [2.45, 2.75) is 46.0 Å². The molecule has 23 heavy (non-hydrogen) atoms. The van der Waals surface area contributed by atoms with Crippen LogP contribution in [0.5, 0.6) is 0 Å². The SMILES string of the molecule is CC(C)C(=O)Nc1nc(CC(=O)NCC2CC3CCC2C3)cs1. The van der Waals surface area contributed by atoms with Crippen molar-refractivity contribution in [1.29, 1.82) is 0 Å². The summed E-state index contributed by atoms with van der Waals surface area (Å²) in [5.41, 5.74) is 0.722. The van der Waals surface area contributed by atoms with Gasteiger partial charge in [-0.05, 0) is 37.0 Å². The number of nitrogens with zero attached hydrogens (tertiary/aromatic N) is 1. The van der Waals surface area contributed by atoms with Crippen molar-refractivity contribution in [2.24, 2.45) is 23.7 Å². The van der Waals surface area contributed by atoms with E-state index in [1.54, 1.807) is 0 Å². The third-order valence-electron chi connectivity index (χ3n) is 5.09. The van der Waals surface area contributed by atoms with E-state index >= 15 is 0 Å². The Hall–Kier alpha value is -1.43. The Morgan fingerprint density at radius 2 is 2.17 bits per heavy atom. The topological polar surface area (TPSA) is 71.1 Å². The quantitative estimate of drug-likeness (QED) is 0.840. The molecule has 0 aliphatic heterocycles. The highest BCUT2D eigenvalue weighted by molar-refractivity contribution is 7.13. The summed E-state index contributed by atoms with van der Waals surface area (Å²) in [5.74, 6) is 2.32. The van der Waals surface area contributed by atoms with E-state index in [-0.39, 0.29) is 24.2 Å². The first-order valence-electron chi connectivity index (χ1n) is 8.53. The predicted octanol–water partition coefficient (Wildman–Crippen LogP) is 2.83. The second-order valence-electron chi connectivity index (χ2n) is 7.20. The number of nitrogens with one attached hydrogen (secondary N) is 2. The van der Waals surface area contributed by atoms with E-state index in [9.17, 15) is 9.59 Å². The number of hydrogen-bond donors (Lipinski definition) is 2. The van der Waals surface area contributed by atoms with Crippen LogP contribution in [0.3, 0.4) is 0 Å². The maximum atomic E-state index is 12.1. The van der Waals surface area contributed by atoms with Crippen LogP contribution < -0.4 is 10.6 Å². The van der Waals surface area contributed by atoms with E-state index in [2.05, 4.69) is 15.6 Å². The Balaban J connectivity index is 1.43. The van der Waals surface area contributed by atoms with Crippen molar-refractivity contribution in [1.82, 2.24) is 10.3 Å². The van der Waals surface area contributed by atoms with Crippen LogP contribution in [0.2, 0.25) is 0 Å². The fourth-order valence-electron chi connectivity index (χ4n) is 3.79. The Morgan fingerprint density at radius 1 is 1.35 bits per heavy atom. The molecule has 0 radical (unpaired) electrons. The highest BCUT2D eigenvalue weighted by Gasteiger charge is 2.39. The molecule has 0 aromatic carbocycles. The summed E-state index contributed by atoms with van der Waals surface area (Å²) in [4.78, 5) is 28.0. The molecule has 2 saturated carbocycles. The van der Waals surface area contributed by atoms with Crippen molar-refractivity contribution < 1.29 is 9.59 Å². The third kappa shape index (κ3) is 4.10. The summed E-state index contributed by atoms with van der Waals surface area (Å²) in [6, 6.07) is 0. The molecule has 2 fully saturated rings. The molecule has 2 amide bonds. The van der Waals surface area contributed by atoms with Gasteiger partial charge in [-0.2, -0.15) is 0 Å². The molecule has 2 aliphatic rings. The predicted molar refractivity (Wildman–Crippen MR) is 91.2 cm³/mol. The van der Waals surface area contributed by atoms with Crippen LogP contribution in [0.1, 0.15) is 45.2 Å². The number of carbonyl (C=O) groups excluding carboxylic acids is 2. The van der Waals surface area contributed by atoms with Crippen LogP contribution in [0.25, 0.3) is 0 Å². The zero-order valence-corrected chi connectivity index (χ0v) is 14.6. The first kappa shape index (κ1) is 16.4. The molecule has 2 bridgehead atoms. The lowest BCUT2D eigenvalue weighted by Crippen LogP contribution is -2.32. The highest BCUT2D eigenvalue weighted by Crippen LogP contribution is 2.47. The molecule has 0 saturated heterocycles. The summed E-state index contributed by atoms with van der Waals surface area (Å²) in [6.07, 6.45) is 5.67. The average molecular weight is 335 g/mol. The molecular formula is C17H25N3O2S. The van der Waals surface area contributed by atoms with E-state index in [1.807, 2.05) is 19.2 Å². The summed E-state index contributed by atoms with van der Waals surface area (Å²) in [7, 11) is 0. The summed E-state index contributed by atoms with van der Waals surface area (Å²) in [6.45, 7) is 4.49. The standard InChI is InChI=1S/C17H25N3O2S/c1-10(2)16(22)20-17-19-14(9-23-17)7-15(21)18-8-13-6-11-3-4-12(13)5-11/h9-13H,3-8H2,1-2H3,(H,18,21)(H,19,20,22). The van der Waals surface area contributed by atoms with Gasteiger partial charge in [0.25, 0.3) is 0 Å². The van der Waals surface area contributed by atoms with E-state index in [1.165, 1.54) is 37.0 Å². The number of fused-ring (bicyclic) bond motifs is 2. The fraction of sp³-hybridized carbons (Fsp3) is 0.706. The number of rotatable bonds is 6. The molecular weight excluding hydrogens is 310 g/mol. The molecule has 1 aromatic heterocycles. The number of carbonyl (C=O) groups is 2. The third-order valence-corrected chi connectivity index (χ3v) is 5.90. The van der Waals surface area contributed by atoms with Crippen LogP contribution in [0, 0.1) is 23.7 Å².